The summed E-state index contributed by atoms with van der Waals surface area (Å²) in [7, 11) is 0. The van der Waals surface area contributed by atoms with E-state index in [-0.39, 0.29) is 6.04 Å². The summed E-state index contributed by atoms with van der Waals surface area (Å²) in [5, 5.41) is 8.55. The zero-order valence-corrected chi connectivity index (χ0v) is 8.40. The van der Waals surface area contributed by atoms with Crippen LogP contribution in [0.25, 0.3) is 11.1 Å². The first kappa shape index (κ1) is 9.69. The number of benzene rings is 1. The Morgan fingerprint density at radius 2 is 2.40 bits per heavy atom. The molecule has 0 saturated carbocycles. The molecule has 76 valence electrons. The number of oxazole rings is 1. The summed E-state index contributed by atoms with van der Waals surface area (Å²) in [5.41, 5.74) is 8.28. The minimum Gasteiger partial charge on any atom is -0.441 e. The fourth-order valence-electron chi connectivity index (χ4n) is 1.51. The fraction of sp³-hybridized carbons (Fsp3) is 0.273. The highest BCUT2D eigenvalue weighted by Crippen LogP contribution is 2.21. The smallest absolute Gasteiger partial charge is 0.192 e. The largest absolute Gasteiger partial charge is 0.441 e. The number of hydrogen-bond donors (Lipinski definition) is 1. The van der Waals surface area contributed by atoms with Crippen LogP contribution in [0.1, 0.15) is 23.9 Å². The molecule has 0 spiro atoms. The number of nitriles is 1. The summed E-state index contributed by atoms with van der Waals surface area (Å²) < 4.78 is 5.35. The van der Waals surface area contributed by atoms with Crippen molar-refractivity contribution in [2.75, 3.05) is 0 Å². The Kier molecular flexibility index (Phi) is 2.40. The summed E-state index contributed by atoms with van der Waals surface area (Å²) >= 11 is 0. The van der Waals surface area contributed by atoms with Gasteiger partial charge in [-0.2, -0.15) is 5.26 Å². The van der Waals surface area contributed by atoms with Gasteiger partial charge in [-0.05, 0) is 17.7 Å². The van der Waals surface area contributed by atoms with Crippen molar-refractivity contribution in [1.82, 2.24) is 4.98 Å². The summed E-state index contributed by atoms with van der Waals surface area (Å²) in [6.07, 6.45) is 0.308. The Balaban J connectivity index is 2.42. The van der Waals surface area contributed by atoms with Crippen LogP contribution in [0.3, 0.4) is 0 Å². The number of rotatable bonds is 2. The van der Waals surface area contributed by atoms with Crippen molar-refractivity contribution in [1.29, 1.82) is 5.26 Å². The first-order chi connectivity index (χ1) is 7.20. The van der Waals surface area contributed by atoms with Gasteiger partial charge in [-0.25, -0.2) is 4.98 Å². The number of fused-ring (bicyclic) bond motifs is 1. The van der Waals surface area contributed by atoms with Crippen LogP contribution in [-0.4, -0.2) is 4.98 Å². The van der Waals surface area contributed by atoms with Gasteiger partial charge in [-0.1, -0.05) is 6.07 Å². The van der Waals surface area contributed by atoms with Gasteiger partial charge in [0.05, 0.1) is 12.5 Å². The lowest BCUT2D eigenvalue weighted by Crippen LogP contribution is -2.08. The highest BCUT2D eigenvalue weighted by Gasteiger charge is 2.08. The van der Waals surface area contributed by atoms with Crippen molar-refractivity contribution < 1.29 is 4.42 Å². The minimum atomic E-state index is -0.253. The van der Waals surface area contributed by atoms with E-state index in [0.717, 1.165) is 16.7 Å². The third-order valence-corrected chi connectivity index (χ3v) is 2.26. The number of nitrogens with two attached hydrogens (primary N) is 1. The van der Waals surface area contributed by atoms with Crippen molar-refractivity contribution in [3.8, 4) is 6.07 Å². The molecule has 0 aliphatic rings. The molecule has 2 aromatic rings. The normalized spacial score (nSPS) is 12.6. The standard InChI is InChI=1S/C11H11N3O/c1-7-14-10-6-8(9(13)4-5-12)2-3-11(10)15-7/h2-3,6,9H,4,13H2,1H3. The summed E-state index contributed by atoms with van der Waals surface area (Å²) in [6, 6.07) is 7.37. The van der Waals surface area contributed by atoms with Gasteiger partial charge in [-0.15, -0.1) is 0 Å². The van der Waals surface area contributed by atoms with Crippen molar-refractivity contribution in [2.45, 2.75) is 19.4 Å². The Hall–Kier alpha value is -1.86. The number of nitrogens with zero attached hydrogens (tertiary/aromatic N) is 2. The zero-order valence-electron chi connectivity index (χ0n) is 8.40. The second kappa shape index (κ2) is 3.71. The monoisotopic (exact) mass is 201 g/mol. The molecule has 1 unspecified atom stereocenters. The lowest BCUT2D eigenvalue weighted by molar-refractivity contribution is 0.561. The third kappa shape index (κ3) is 1.83. The second-order valence-corrected chi connectivity index (χ2v) is 3.43. The van der Waals surface area contributed by atoms with Crippen LogP contribution < -0.4 is 5.73 Å². The van der Waals surface area contributed by atoms with Gasteiger partial charge in [0.25, 0.3) is 0 Å². The summed E-state index contributed by atoms with van der Waals surface area (Å²) in [6.45, 7) is 1.80. The van der Waals surface area contributed by atoms with E-state index in [0.29, 0.717) is 12.3 Å². The molecule has 0 aliphatic carbocycles. The lowest BCUT2D eigenvalue weighted by atomic mass is 10.1. The highest BCUT2D eigenvalue weighted by atomic mass is 16.3. The van der Waals surface area contributed by atoms with E-state index >= 15 is 0 Å². The molecule has 2 rings (SSSR count). The Morgan fingerprint density at radius 1 is 1.60 bits per heavy atom. The first-order valence-corrected chi connectivity index (χ1v) is 4.70. The topological polar surface area (TPSA) is 75.8 Å². The predicted octanol–water partition coefficient (Wildman–Crippen LogP) is 2.05. The van der Waals surface area contributed by atoms with E-state index in [1.807, 2.05) is 18.2 Å². The van der Waals surface area contributed by atoms with Crippen LogP contribution in [0, 0.1) is 18.3 Å². The second-order valence-electron chi connectivity index (χ2n) is 3.43. The van der Waals surface area contributed by atoms with Crippen molar-refractivity contribution in [3.05, 3.63) is 29.7 Å². The quantitative estimate of drug-likeness (QED) is 0.806. The van der Waals surface area contributed by atoms with Crippen LogP contribution >= 0.6 is 0 Å². The van der Waals surface area contributed by atoms with Crippen molar-refractivity contribution >= 4 is 11.1 Å². The van der Waals surface area contributed by atoms with Gasteiger partial charge in [0.2, 0.25) is 0 Å². The maximum Gasteiger partial charge on any atom is 0.192 e. The predicted molar refractivity (Wildman–Crippen MR) is 55.9 cm³/mol. The molecule has 1 atom stereocenters. The molecule has 1 heterocycles. The molecule has 0 aliphatic heterocycles. The van der Waals surface area contributed by atoms with Crippen LogP contribution in [0.4, 0.5) is 0 Å². The van der Waals surface area contributed by atoms with Crippen LogP contribution in [0.15, 0.2) is 22.6 Å². The molecule has 15 heavy (non-hydrogen) atoms. The minimum absolute atomic E-state index is 0.253. The summed E-state index contributed by atoms with van der Waals surface area (Å²) in [4.78, 5) is 4.21. The first-order valence-electron chi connectivity index (χ1n) is 4.70. The van der Waals surface area contributed by atoms with E-state index in [9.17, 15) is 0 Å². The van der Waals surface area contributed by atoms with E-state index in [1.54, 1.807) is 6.92 Å². The molecule has 1 aromatic carbocycles. The summed E-state index contributed by atoms with van der Waals surface area (Å²) in [5.74, 6) is 0.635. The molecule has 4 nitrogen and oxygen atoms in total. The SMILES string of the molecule is Cc1nc2cc(C(N)CC#N)ccc2o1. The molecule has 1 aromatic heterocycles. The highest BCUT2D eigenvalue weighted by molar-refractivity contribution is 5.73. The number of aryl methyl sites for hydroxylation is 1. The zero-order chi connectivity index (χ0) is 10.8. The molecule has 4 heteroatoms. The fourth-order valence-corrected chi connectivity index (χ4v) is 1.51. The van der Waals surface area contributed by atoms with Crippen molar-refractivity contribution in [2.24, 2.45) is 5.73 Å². The molecule has 0 bridgehead atoms. The van der Waals surface area contributed by atoms with E-state index in [2.05, 4.69) is 11.1 Å². The third-order valence-electron chi connectivity index (χ3n) is 2.26. The average Bonchev–Trinajstić information content (AvgIpc) is 2.57. The molecular weight excluding hydrogens is 190 g/mol. The van der Waals surface area contributed by atoms with E-state index < -0.39 is 0 Å². The molecule has 0 amide bonds. The maximum atomic E-state index is 8.55. The van der Waals surface area contributed by atoms with Gasteiger partial charge in [0, 0.05) is 13.0 Å². The average molecular weight is 201 g/mol. The maximum absolute atomic E-state index is 8.55. The van der Waals surface area contributed by atoms with Crippen molar-refractivity contribution in [3.63, 3.8) is 0 Å². The number of aromatic nitrogens is 1. The van der Waals surface area contributed by atoms with E-state index in [1.165, 1.54) is 0 Å². The molecule has 0 radical (unpaired) electrons. The van der Waals surface area contributed by atoms with Gasteiger partial charge in [0.1, 0.15) is 5.52 Å². The van der Waals surface area contributed by atoms with Crippen LogP contribution in [-0.2, 0) is 0 Å². The van der Waals surface area contributed by atoms with Gasteiger partial charge in [0.15, 0.2) is 11.5 Å². The lowest BCUT2D eigenvalue weighted by Gasteiger charge is -2.06. The molecule has 0 fully saturated rings. The van der Waals surface area contributed by atoms with Gasteiger partial charge < -0.3 is 10.2 Å². The van der Waals surface area contributed by atoms with Crippen LogP contribution in [0.5, 0.6) is 0 Å². The Bertz CT molecular complexity index is 524. The molecule has 0 saturated heterocycles. The Labute approximate surface area is 87.3 Å². The van der Waals surface area contributed by atoms with E-state index in [4.69, 9.17) is 15.4 Å². The molecular formula is C11H11N3O. The Morgan fingerprint density at radius 3 is 3.13 bits per heavy atom. The molecule has 2 N–H and O–H groups in total. The van der Waals surface area contributed by atoms with Crippen LogP contribution in [0.2, 0.25) is 0 Å². The number of hydrogen-bond acceptors (Lipinski definition) is 4. The van der Waals surface area contributed by atoms with Gasteiger partial charge >= 0.3 is 0 Å². The van der Waals surface area contributed by atoms with Gasteiger partial charge in [-0.3, -0.25) is 0 Å².